The molecule has 100 valence electrons. The molecule has 0 aromatic heterocycles. The minimum Gasteiger partial charge on any atom is -0.326 e. The van der Waals surface area contributed by atoms with Gasteiger partial charge >= 0.3 is 0 Å². The van der Waals surface area contributed by atoms with Crippen LogP contribution >= 0.6 is 0 Å². The molecule has 0 bridgehead atoms. The van der Waals surface area contributed by atoms with Crippen molar-refractivity contribution in [3.05, 3.63) is 29.8 Å². The summed E-state index contributed by atoms with van der Waals surface area (Å²) >= 11 is 0. The third-order valence-electron chi connectivity index (χ3n) is 3.93. The van der Waals surface area contributed by atoms with Gasteiger partial charge in [0.25, 0.3) is 0 Å². The maximum atomic E-state index is 12.4. The van der Waals surface area contributed by atoms with Crippen LogP contribution in [0.25, 0.3) is 0 Å². The van der Waals surface area contributed by atoms with Gasteiger partial charge in [-0.15, -0.1) is 0 Å². The standard InChI is InChI=1S/C13H20N2O2S/c1-3-13(4-2)10-15(13)18(16,17)12-7-5-11(9-14)6-8-12/h5-8H,3-4,9-10,14H2,1-2H3. The van der Waals surface area contributed by atoms with Gasteiger partial charge in [-0.3, -0.25) is 0 Å². The van der Waals surface area contributed by atoms with Crippen LogP contribution in [0, 0.1) is 0 Å². The predicted octanol–water partition coefficient (Wildman–Crippen LogP) is 1.71. The van der Waals surface area contributed by atoms with Crippen LogP contribution in [0.15, 0.2) is 29.2 Å². The monoisotopic (exact) mass is 268 g/mol. The lowest BCUT2D eigenvalue weighted by Gasteiger charge is -2.14. The van der Waals surface area contributed by atoms with Crippen molar-refractivity contribution in [3.8, 4) is 0 Å². The smallest absolute Gasteiger partial charge is 0.243 e. The van der Waals surface area contributed by atoms with Gasteiger partial charge in [-0.05, 0) is 30.5 Å². The van der Waals surface area contributed by atoms with E-state index in [1.54, 1.807) is 28.6 Å². The van der Waals surface area contributed by atoms with Crippen molar-refractivity contribution in [2.75, 3.05) is 6.54 Å². The summed E-state index contributed by atoms with van der Waals surface area (Å²) < 4.78 is 26.5. The maximum Gasteiger partial charge on any atom is 0.243 e. The molecule has 1 aromatic rings. The second kappa shape index (κ2) is 4.64. The molecule has 1 saturated heterocycles. The molecular weight excluding hydrogens is 248 g/mol. The van der Waals surface area contributed by atoms with E-state index in [2.05, 4.69) is 0 Å². The van der Waals surface area contributed by atoms with Gasteiger partial charge in [0.15, 0.2) is 0 Å². The highest BCUT2D eigenvalue weighted by Crippen LogP contribution is 2.43. The molecule has 0 radical (unpaired) electrons. The molecule has 1 fully saturated rings. The van der Waals surface area contributed by atoms with E-state index in [9.17, 15) is 8.42 Å². The Balaban J connectivity index is 2.27. The molecule has 1 atom stereocenters. The van der Waals surface area contributed by atoms with Crippen molar-refractivity contribution in [3.63, 3.8) is 0 Å². The molecular formula is C13H20N2O2S. The Morgan fingerprint density at radius 1 is 1.22 bits per heavy atom. The van der Waals surface area contributed by atoms with Gasteiger partial charge < -0.3 is 5.73 Å². The Morgan fingerprint density at radius 2 is 1.78 bits per heavy atom. The summed E-state index contributed by atoms with van der Waals surface area (Å²) in [6, 6.07) is 6.84. The Labute approximate surface area is 109 Å². The lowest BCUT2D eigenvalue weighted by atomic mass is 10.1. The van der Waals surface area contributed by atoms with Crippen LogP contribution in [-0.4, -0.2) is 24.8 Å². The van der Waals surface area contributed by atoms with Crippen LogP contribution < -0.4 is 5.73 Å². The van der Waals surface area contributed by atoms with Crippen LogP contribution in [0.4, 0.5) is 0 Å². The molecule has 5 heteroatoms. The minimum absolute atomic E-state index is 0.147. The minimum atomic E-state index is -3.33. The van der Waals surface area contributed by atoms with Crippen molar-refractivity contribution in [2.45, 2.75) is 43.7 Å². The molecule has 1 aliphatic heterocycles. The zero-order chi connectivity index (χ0) is 13.4. The highest BCUT2D eigenvalue weighted by atomic mass is 32.2. The SMILES string of the molecule is CCC1(CC)CN1S(=O)(=O)c1ccc(CN)cc1. The molecule has 0 spiro atoms. The molecule has 1 unspecified atom stereocenters. The zero-order valence-corrected chi connectivity index (χ0v) is 11.7. The first-order valence-electron chi connectivity index (χ1n) is 6.32. The molecule has 2 N–H and O–H groups in total. The van der Waals surface area contributed by atoms with E-state index in [1.807, 2.05) is 13.8 Å². The van der Waals surface area contributed by atoms with Gasteiger partial charge in [0.1, 0.15) is 0 Å². The molecule has 1 aliphatic rings. The van der Waals surface area contributed by atoms with E-state index in [4.69, 9.17) is 5.73 Å². The van der Waals surface area contributed by atoms with Gasteiger partial charge in [0, 0.05) is 18.6 Å². The molecule has 1 aromatic carbocycles. The lowest BCUT2D eigenvalue weighted by Crippen LogP contribution is -2.22. The first-order chi connectivity index (χ1) is 8.50. The van der Waals surface area contributed by atoms with Crippen LogP contribution in [0.3, 0.4) is 0 Å². The summed E-state index contributed by atoms with van der Waals surface area (Å²) in [6.07, 6.45) is 1.73. The summed E-state index contributed by atoms with van der Waals surface area (Å²) in [4.78, 5) is 0.364. The Hall–Kier alpha value is -0.910. The van der Waals surface area contributed by atoms with Gasteiger partial charge in [0.2, 0.25) is 10.0 Å². The fourth-order valence-corrected chi connectivity index (χ4v) is 4.24. The number of nitrogens with two attached hydrogens (primary N) is 1. The number of rotatable bonds is 5. The summed E-state index contributed by atoms with van der Waals surface area (Å²) in [7, 11) is -3.33. The van der Waals surface area contributed by atoms with Crippen molar-refractivity contribution in [1.82, 2.24) is 4.31 Å². The second-order valence-corrected chi connectivity index (χ2v) is 6.65. The van der Waals surface area contributed by atoms with Crippen molar-refractivity contribution in [1.29, 1.82) is 0 Å². The summed E-state index contributed by atoms with van der Waals surface area (Å²) in [5.41, 5.74) is 6.30. The van der Waals surface area contributed by atoms with E-state index in [0.717, 1.165) is 18.4 Å². The van der Waals surface area contributed by atoms with Gasteiger partial charge in [0.05, 0.1) is 4.90 Å². The average molecular weight is 268 g/mol. The van der Waals surface area contributed by atoms with E-state index in [1.165, 1.54) is 0 Å². The largest absolute Gasteiger partial charge is 0.326 e. The number of hydrogen-bond donors (Lipinski definition) is 1. The zero-order valence-electron chi connectivity index (χ0n) is 10.9. The van der Waals surface area contributed by atoms with Crippen LogP contribution in [-0.2, 0) is 16.6 Å². The fraction of sp³-hybridized carbons (Fsp3) is 0.538. The van der Waals surface area contributed by atoms with Crippen molar-refractivity contribution < 1.29 is 8.42 Å². The topological polar surface area (TPSA) is 63.2 Å². The number of benzene rings is 1. The van der Waals surface area contributed by atoms with Crippen molar-refractivity contribution >= 4 is 10.0 Å². The molecule has 4 nitrogen and oxygen atoms in total. The Bertz CT molecular complexity index is 518. The van der Waals surface area contributed by atoms with E-state index < -0.39 is 10.0 Å². The summed E-state index contributed by atoms with van der Waals surface area (Å²) in [5, 5.41) is 0. The summed E-state index contributed by atoms with van der Waals surface area (Å²) in [6.45, 7) is 5.14. The molecule has 2 rings (SSSR count). The molecule has 0 aliphatic carbocycles. The number of hydrogen-bond acceptors (Lipinski definition) is 3. The van der Waals surface area contributed by atoms with Crippen LogP contribution in [0.1, 0.15) is 32.3 Å². The Kier molecular flexibility index (Phi) is 3.49. The number of nitrogens with zero attached hydrogens (tertiary/aromatic N) is 1. The normalized spacial score (nSPS) is 21.8. The summed E-state index contributed by atoms with van der Waals surface area (Å²) in [5.74, 6) is 0. The molecule has 0 saturated carbocycles. The van der Waals surface area contributed by atoms with Crippen molar-refractivity contribution in [2.24, 2.45) is 5.73 Å². The first kappa shape index (κ1) is 13.5. The Morgan fingerprint density at radius 3 is 2.17 bits per heavy atom. The molecule has 0 amide bonds. The highest BCUT2D eigenvalue weighted by Gasteiger charge is 2.56. The van der Waals surface area contributed by atoms with Crippen LogP contribution in [0.5, 0.6) is 0 Å². The van der Waals surface area contributed by atoms with Gasteiger partial charge in [-0.2, -0.15) is 4.31 Å². The van der Waals surface area contributed by atoms with E-state index in [-0.39, 0.29) is 5.54 Å². The third-order valence-corrected chi connectivity index (χ3v) is 5.89. The molecule has 18 heavy (non-hydrogen) atoms. The highest BCUT2D eigenvalue weighted by molar-refractivity contribution is 7.89. The van der Waals surface area contributed by atoms with E-state index in [0.29, 0.717) is 18.0 Å². The number of sulfonamides is 1. The van der Waals surface area contributed by atoms with Crippen LogP contribution in [0.2, 0.25) is 0 Å². The fourth-order valence-electron chi connectivity index (χ4n) is 2.32. The quantitative estimate of drug-likeness (QED) is 0.827. The lowest BCUT2D eigenvalue weighted by molar-refractivity contribution is 0.472. The third kappa shape index (κ3) is 2.06. The van der Waals surface area contributed by atoms with Gasteiger partial charge in [-0.1, -0.05) is 26.0 Å². The first-order valence-corrected chi connectivity index (χ1v) is 7.76. The molecule has 1 heterocycles. The average Bonchev–Trinajstić information content (AvgIpc) is 3.15. The van der Waals surface area contributed by atoms with Gasteiger partial charge in [-0.25, -0.2) is 8.42 Å². The maximum absolute atomic E-state index is 12.4. The predicted molar refractivity (Wildman–Crippen MR) is 71.5 cm³/mol. The second-order valence-electron chi connectivity index (χ2n) is 4.79. The van der Waals surface area contributed by atoms with E-state index >= 15 is 0 Å².